The van der Waals surface area contributed by atoms with Gasteiger partial charge in [-0.15, -0.1) is 0 Å². The molecule has 3 rings (SSSR count). The Morgan fingerprint density at radius 2 is 1.79 bits per heavy atom. The molecule has 0 unspecified atom stereocenters. The van der Waals surface area contributed by atoms with Crippen LogP contribution in [0.1, 0.15) is 17.3 Å². The van der Waals surface area contributed by atoms with Crippen molar-refractivity contribution in [2.75, 3.05) is 5.32 Å². The van der Waals surface area contributed by atoms with Gasteiger partial charge in [0.15, 0.2) is 5.75 Å². The lowest BCUT2D eigenvalue weighted by Crippen LogP contribution is -2.15. The molecule has 0 bridgehead atoms. The van der Waals surface area contributed by atoms with E-state index in [0.29, 0.717) is 21.6 Å². The molecule has 1 aromatic heterocycles. The number of pyridine rings is 1. The number of fused-ring (bicyclic) bond motifs is 1. The molecule has 120 valence electrons. The molecule has 0 aliphatic rings. The van der Waals surface area contributed by atoms with Gasteiger partial charge in [-0.1, -0.05) is 23.7 Å². The number of hydrogen-bond acceptors (Lipinski definition) is 4. The van der Waals surface area contributed by atoms with E-state index in [4.69, 9.17) is 16.3 Å². The predicted octanol–water partition coefficient (Wildman–Crippen LogP) is 4.07. The summed E-state index contributed by atoms with van der Waals surface area (Å²) in [7, 11) is 0. The van der Waals surface area contributed by atoms with E-state index in [1.807, 2.05) is 6.07 Å². The first kappa shape index (κ1) is 16.0. The lowest BCUT2D eigenvalue weighted by atomic mass is 10.1. The first-order chi connectivity index (χ1) is 11.5. The van der Waals surface area contributed by atoms with Gasteiger partial charge in [0.25, 0.3) is 5.91 Å². The molecule has 0 saturated carbocycles. The van der Waals surface area contributed by atoms with Gasteiger partial charge in [0, 0.05) is 29.2 Å². The Bertz CT molecular complexity index is 923. The van der Waals surface area contributed by atoms with Crippen LogP contribution in [0.15, 0.2) is 54.7 Å². The van der Waals surface area contributed by atoms with Crippen molar-refractivity contribution in [2.45, 2.75) is 6.92 Å². The highest BCUT2D eigenvalue weighted by atomic mass is 35.5. The number of aromatic nitrogens is 1. The van der Waals surface area contributed by atoms with E-state index in [9.17, 15) is 9.59 Å². The topological polar surface area (TPSA) is 68.3 Å². The maximum absolute atomic E-state index is 12.6. The fourth-order valence-electron chi connectivity index (χ4n) is 2.26. The third kappa shape index (κ3) is 3.36. The minimum atomic E-state index is -0.508. The lowest BCUT2D eigenvalue weighted by Gasteiger charge is -2.12. The molecule has 0 spiro atoms. The second-order valence-electron chi connectivity index (χ2n) is 5.07. The maximum atomic E-state index is 12.6. The van der Waals surface area contributed by atoms with Crippen molar-refractivity contribution in [3.8, 4) is 5.75 Å². The van der Waals surface area contributed by atoms with Gasteiger partial charge in [0.05, 0.1) is 5.52 Å². The summed E-state index contributed by atoms with van der Waals surface area (Å²) < 4.78 is 5.28. The number of amides is 1. The van der Waals surface area contributed by atoms with Crippen molar-refractivity contribution in [2.24, 2.45) is 0 Å². The highest BCUT2D eigenvalue weighted by molar-refractivity contribution is 6.30. The van der Waals surface area contributed by atoms with E-state index in [-0.39, 0.29) is 11.3 Å². The molecule has 0 radical (unpaired) electrons. The van der Waals surface area contributed by atoms with Gasteiger partial charge < -0.3 is 10.1 Å². The monoisotopic (exact) mass is 340 g/mol. The Morgan fingerprint density at radius 3 is 2.50 bits per heavy atom. The Labute approximate surface area is 143 Å². The van der Waals surface area contributed by atoms with Gasteiger partial charge in [-0.05, 0) is 36.4 Å². The van der Waals surface area contributed by atoms with Gasteiger partial charge in [-0.3, -0.25) is 14.6 Å². The average Bonchev–Trinajstić information content (AvgIpc) is 2.56. The average molecular weight is 341 g/mol. The summed E-state index contributed by atoms with van der Waals surface area (Å²) >= 11 is 5.83. The van der Waals surface area contributed by atoms with Crippen molar-refractivity contribution in [3.63, 3.8) is 0 Å². The molecule has 0 aliphatic heterocycles. The number of rotatable bonds is 3. The minimum Gasteiger partial charge on any atom is -0.425 e. The number of nitrogens with one attached hydrogen (secondary N) is 1. The number of para-hydroxylation sites is 1. The van der Waals surface area contributed by atoms with Crippen molar-refractivity contribution >= 4 is 40.1 Å². The molecule has 1 amide bonds. The smallest absolute Gasteiger partial charge is 0.308 e. The van der Waals surface area contributed by atoms with Gasteiger partial charge in [0.1, 0.15) is 5.56 Å². The van der Waals surface area contributed by atoms with Crippen LogP contribution in [0.5, 0.6) is 5.75 Å². The summed E-state index contributed by atoms with van der Waals surface area (Å²) in [5.74, 6) is -0.738. The van der Waals surface area contributed by atoms with Gasteiger partial charge in [-0.2, -0.15) is 0 Å². The summed E-state index contributed by atoms with van der Waals surface area (Å²) in [6, 6.07) is 13.8. The number of carbonyl (C=O) groups is 2. The molecule has 0 aliphatic carbocycles. The highest BCUT2D eigenvalue weighted by Gasteiger charge is 2.18. The first-order valence-corrected chi connectivity index (χ1v) is 7.55. The number of esters is 1. The number of nitrogens with zero attached hydrogens (tertiary/aromatic N) is 1. The standard InChI is InChI=1S/C18H13ClN2O3/c1-11(22)24-17-14-4-2-3-5-16(14)20-10-15(17)18(23)21-13-8-6-12(19)7-9-13/h2-10H,1H3,(H,21,23). The first-order valence-electron chi connectivity index (χ1n) is 7.17. The van der Waals surface area contributed by atoms with Crippen molar-refractivity contribution in [1.29, 1.82) is 0 Å². The summed E-state index contributed by atoms with van der Waals surface area (Å²) in [6.45, 7) is 1.29. The van der Waals surface area contributed by atoms with Crippen LogP contribution in [0.4, 0.5) is 5.69 Å². The third-order valence-corrected chi connectivity index (χ3v) is 3.57. The normalized spacial score (nSPS) is 10.4. The molecule has 5 nitrogen and oxygen atoms in total. The molecule has 3 aromatic rings. The van der Waals surface area contributed by atoms with E-state index < -0.39 is 11.9 Å². The second kappa shape index (κ2) is 6.68. The highest BCUT2D eigenvalue weighted by Crippen LogP contribution is 2.29. The van der Waals surface area contributed by atoms with Crippen LogP contribution in [-0.2, 0) is 4.79 Å². The number of carbonyl (C=O) groups excluding carboxylic acids is 2. The lowest BCUT2D eigenvalue weighted by molar-refractivity contribution is -0.131. The fourth-order valence-corrected chi connectivity index (χ4v) is 2.39. The quantitative estimate of drug-likeness (QED) is 0.730. The summed E-state index contributed by atoms with van der Waals surface area (Å²) in [5.41, 5.74) is 1.39. The van der Waals surface area contributed by atoms with Gasteiger partial charge >= 0.3 is 5.97 Å². The summed E-state index contributed by atoms with van der Waals surface area (Å²) in [5, 5.41) is 3.90. The van der Waals surface area contributed by atoms with E-state index in [0.717, 1.165) is 0 Å². The molecule has 0 atom stereocenters. The Kier molecular flexibility index (Phi) is 4.44. The number of anilines is 1. The van der Waals surface area contributed by atoms with Crippen LogP contribution in [0.25, 0.3) is 10.9 Å². The zero-order valence-electron chi connectivity index (χ0n) is 12.7. The zero-order valence-corrected chi connectivity index (χ0v) is 13.5. The molecular weight excluding hydrogens is 328 g/mol. The Balaban J connectivity index is 2.02. The Hall–Kier alpha value is -2.92. The molecule has 2 aromatic carbocycles. The van der Waals surface area contributed by atoms with E-state index in [2.05, 4.69) is 10.3 Å². The summed E-state index contributed by atoms with van der Waals surface area (Å²) in [6.07, 6.45) is 1.39. The largest absolute Gasteiger partial charge is 0.425 e. The van der Waals surface area contributed by atoms with Crippen LogP contribution in [-0.4, -0.2) is 16.9 Å². The zero-order chi connectivity index (χ0) is 17.1. The van der Waals surface area contributed by atoms with Crippen LogP contribution in [0, 0.1) is 0 Å². The molecule has 24 heavy (non-hydrogen) atoms. The van der Waals surface area contributed by atoms with Crippen LogP contribution >= 0.6 is 11.6 Å². The minimum absolute atomic E-state index is 0.179. The number of halogens is 1. The predicted molar refractivity (Wildman–Crippen MR) is 92.5 cm³/mol. The van der Waals surface area contributed by atoms with E-state index >= 15 is 0 Å². The van der Waals surface area contributed by atoms with Gasteiger partial charge in [0.2, 0.25) is 0 Å². The number of benzene rings is 2. The van der Waals surface area contributed by atoms with Crippen LogP contribution in [0.3, 0.4) is 0 Å². The van der Waals surface area contributed by atoms with Crippen LogP contribution < -0.4 is 10.1 Å². The number of hydrogen-bond donors (Lipinski definition) is 1. The molecule has 6 heteroatoms. The fraction of sp³-hybridized carbons (Fsp3) is 0.0556. The van der Waals surface area contributed by atoms with E-state index in [1.165, 1.54) is 13.1 Å². The second-order valence-corrected chi connectivity index (χ2v) is 5.51. The molecular formula is C18H13ClN2O3. The van der Waals surface area contributed by atoms with Crippen molar-refractivity contribution in [3.05, 3.63) is 65.3 Å². The molecule has 1 heterocycles. The van der Waals surface area contributed by atoms with Crippen molar-refractivity contribution < 1.29 is 14.3 Å². The number of ether oxygens (including phenoxy) is 1. The summed E-state index contributed by atoms with van der Waals surface area (Å²) in [4.78, 5) is 28.3. The maximum Gasteiger partial charge on any atom is 0.308 e. The van der Waals surface area contributed by atoms with Crippen LogP contribution in [0.2, 0.25) is 5.02 Å². The van der Waals surface area contributed by atoms with Crippen molar-refractivity contribution in [1.82, 2.24) is 4.98 Å². The van der Waals surface area contributed by atoms with E-state index in [1.54, 1.807) is 42.5 Å². The molecule has 1 N–H and O–H groups in total. The third-order valence-electron chi connectivity index (χ3n) is 3.32. The Morgan fingerprint density at radius 1 is 1.08 bits per heavy atom. The SMILES string of the molecule is CC(=O)Oc1c(C(=O)Nc2ccc(Cl)cc2)cnc2ccccc12. The molecule has 0 fully saturated rings. The molecule has 0 saturated heterocycles. The van der Waals surface area contributed by atoms with Gasteiger partial charge in [-0.25, -0.2) is 0 Å².